The number of hydrogen-bond donors (Lipinski definition) is 1. The molecule has 0 aliphatic carbocycles. The summed E-state index contributed by atoms with van der Waals surface area (Å²) >= 11 is 0. The van der Waals surface area contributed by atoms with Crippen LogP contribution < -0.4 is 4.74 Å². The molecule has 0 unspecified atom stereocenters. The Bertz CT molecular complexity index is 207. The second-order valence-corrected chi connectivity index (χ2v) is 1.70. The Morgan fingerprint density at radius 2 is 2.44 bits per heavy atom. The van der Waals surface area contributed by atoms with Crippen molar-refractivity contribution >= 4 is 0 Å². The molecule has 4 heteroatoms. The summed E-state index contributed by atoms with van der Waals surface area (Å²) in [4.78, 5) is 0.730. The fourth-order valence-electron chi connectivity index (χ4n) is 0.631. The molecule has 50 valence electrons. The third kappa shape index (κ3) is 0.960. The van der Waals surface area contributed by atoms with E-state index < -0.39 is 0 Å². The van der Waals surface area contributed by atoms with Crippen LogP contribution in [0.3, 0.4) is 0 Å². The normalized spacial score (nSPS) is 9.56. The second kappa shape index (κ2) is 1.97. The van der Waals surface area contributed by atoms with Crippen molar-refractivity contribution in [1.29, 1.82) is 0 Å². The zero-order valence-corrected chi connectivity index (χ0v) is 5.33. The van der Waals surface area contributed by atoms with E-state index in [0.717, 1.165) is 4.85 Å². The van der Waals surface area contributed by atoms with E-state index in [9.17, 15) is 0 Å². The van der Waals surface area contributed by atoms with Crippen molar-refractivity contribution in [2.24, 2.45) is 0 Å². The molecule has 0 amide bonds. The van der Waals surface area contributed by atoms with Gasteiger partial charge < -0.3 is 9.94 Å². The molecular formula is C5H8N2O2. The largest absolute Gasteiger partial charge is 0.493 e. The molecule has 1 heterocycles. The number of nitrogens with zero attached hydrogens (tertiary/aromatic N) is 2. The molecule has 4 nitrogen and oxygen atoms in total. The first-order chi connectivity index (χ1) is 4.24. The summed E-state index contributed by atoms with van der Waals surface area (Å²) in [5.74, 6) is 0.595. The summed E-state index contributed by atoms with van der Waals surface area (Å²) in [6, 6.07) is 0. The Hall–Kier alpha value is -1.19. The van der Waals surface area contributed by atoms with Gasteiger partial charge in [-0.2, -0.15) is 0 Å². The standard InChI is InChI=1S/C5H8N2O2/c1-4-5(9-2)3-7(8)6-4/h3,8H,1-2H3. The van der Waals surface area contributed by atoms with Crippen molar-refractivity contribution in [3.63, 3.8) is 0 Å². The summed E-state index contributed by atoms with van der Waals surface area (Å²) in [7, 11) is 1.53. The van der Waals surface area contributed by atoms with Crippen LogP contribution >= 0.6 is 0 Å². The number of aryl methyl sites for hydroxylation is 1. The molecule has 0 saturated carbocycles. The third-order valence-corrected chi connectivity index (χ3v) is 1.06. The van der Waals surface area contributed by atoms with Crippen LogP contribution in [-0.2, 0) is 0 Å². The van der Waals surface area contributed by atoms with Crippen molar-refractivity contribution in [2.75, 3.05) is 7.11 Å². The summed E-state index contributed by atoms with van der Waals surface area (Å²) in [6.45, 7) is 1.76. The van der Waals surface area contributed by atoms with Gasteiger partial charge >= 0.3 is 0 Å². The molecule has 0 aromatic carbocycles. The molecule has 0 fully saturated rings. The first-order valence-corrected chi connectivity index (χ1v) is 2.53. The zero-order chi connectivity index (χ0) is 6.85. The molecule has 9 heavy (non-hydrogen) atoms. The number of rotatable bonds is 1. The predicted molar refractivity (Wildman–Crippen MR) is 30.7 cm³/mol. The number of methoxy groups -OCH3 is 1. The third-order valence-electron chi connectivity index (χ3n) is 1.06. The zero-order valence-electron chi connectivity index (χ0n) is 5.33. The Kier molecular flexibility index (Phi) is 1.30. The first kappa shape index (κ1) is 5.94. The molecule has 1 aromatic heterocycles. The van der Waals surface area contributed by atoms with Gasteiger partial charge in [-0.15, -0.1) is 9.94 Å². The van der Waals surface area contributed by atoms with Gasteiger partial charge in [-0.05, 0) is 6.92 Å². The van der Waals surface area contributed by atoms with Gasteiger partial charge in [0.05, 0.1) is 7.11 Å². The summed E-state index contributed by atoms with van der Waals surface area (Å²) < 4.78 is 4.82. The van der Waals surface area contributed by atoms with E-state index in [1.807, 2.05) is 0 Å². The molecule has 0 saturated heterocycles. The summed E-state index contributed by atoms with van der Waals surface area (Å²) in [6.07, 6.45) is 1.40. The van der Waals surface area contributed by atoms with Gasteiger partial charge in [0.15, 0.2) is 5.75 Å². The Morgan fingerprint density at radius 3 is 2.67 bits per heavy atom. The molecule has 1 N–H and O–H groups in total. The first-order valence-electron chi connectivity index (χ1n) is 2.53. The fraction of sp³-hybridized carbons (Fsp3) is 0.400. The molecule has 1 rings (SSSR count). The Morgan fingerprint density at radius 1 is 1.78 bits per heavy atom. The van der Waals surface area contributed by atoms with E-state index in [2.05, 4.69) is 5.10 Å². The maximum atomic E-state index is 8.69. The lowest BCUT2D eigenvalue weighted by Gasteiger charge is -1.90. The summed E-state index contributed by atoms with van der Waals surface area (Å²) in [5.41, 5.74) is 0.681. The highest BCUT2D eigenvalue weighted by Crippen LogP contribution is 2.12. The molecular weight excluding hydrogens is 120 g/mol. The minimum atomic E-state index is 0.595. The van der Waals surface area contributed by atoms with Gasteiger partial charge in [0, 0.05) is 0 Å². The minimum absolute atomic E-state index is 0.595. The predicted octanol–water partition coefficient (Wildman–Crippen LogP) is 0.437. The van der Waals surface area contributed by atoms with Crippen molar-refractivity contribution in [2.45, 2.75) is 6.92 Å². The van der Waals surface area contributed by atoms with Crippen molar-refractivity contribution < 1.29 is 9.94 Å². The average Bonchev–Trinajstić information content (AvgIpc) is 2.10. The van der Waals surface area contributed by atoms with E-state index in [1.165, 1.54) is 13.3 Å². The SMILES string of the molecule is COc1cn(O)nc1C. The van der Waals surface area contributed by atoms with Crippen LogP contribution in [0.1, 0.15) is 5.69 Å². The van der Waals surface area contributed by atoms with E-state index in [4.69, 9.17) is 9.94 Å². The highest BCUT2D eigenvalue weighted by molar-refractivity contribution is 5.21. The molecule has 0 bridgehead atoms. The molecule has 0 radical (unpaired) electrons. The van der Waals surface area contributed by atoms with Gasteiger partial charge in [0.25, 0.3) is 0 Å². The molecule has 0 spiro atoms. The number of hydrogen-bond acceptors (Lipinski definition) is 3. The van der Waals surface area contributed by atoms with Gasteiger partial charge in [-0.25, -0.2) is 0 Å². The minimum Gasteiger partial charge on any atom is -0.493 e. The van der Waals surface area contributed by atoms with Crippen molar-refractivity contribution in [3.8, 4) is 5.75 Å². The van der Waals surface area contributed by atoms with Gasteiger partial charge in [-0.1, -0.05) is 0 Å². The topological polar surface area (TPSA) is 47.3 Å². The van der Waals surface area contributed by atoms with E-state index in [0.29, 0.717) is 11.4 Å². The van der Waals surface area contributed by atoms with Gasteiger partial charge in [0.2, 0.25) is 0 Å². The monoisotopic (exact) mass is 128 g/mol. The smallest absolute Gasteiger partial charge is 0.163 e. The Labute approximate surface area is 52.6 Å². The van der Waals surface area contributed by atoms with Crippen LogP contribution in [-0.4, -0.2) is 22.3 Å². The Balaban J connectivity index is 3.01. The summed E-state index contributed by atoms with van der Waals surface area (Å²) in [5, 5.41) is 12.3. The van der Waals surface area contributed by atoms with Crippen LogP contribution in [0.2, 0.25) is 0 Å². The van der Waals surface area contributed by atoms with Crippen LogP contribution in [0.5, 0.6) is 5.75 Å². The quantitative estimate of drug-likeness (QED) is 0.558. The van der Waals surface area contributed by atoms with E-state index in [1.54, 1.807) is 6.92 Å². The van der Waals surface area contributed by atoms with Crippen LogP contribution in [0.25, 0.3) is 0 Å². The van der Waals surface area contributed by atoms with Crippen LogP contribution in [0, 0.1) is 6.92 Å². The molecule has 0 atom stereocenters. The average molecular weight is 128 g/mol. The lowest BCUT2D eigenvalue weighted by atomic mass is 10.5. The molecule has 0 aliphatic heterocycles. The van der Waals surface area contributed by atoms with Crippen molar-refractivity contribution in [1.82, 2.24) is 9.94 Å². The van der Waals surface area contributed by atoms with E-state index >= 15 is 0 Å². The van der Waals surface area contributed by atoms with Crippen LogP contribution in [0.15, 0.2) is 6.20 Å². The maximum Gasteiger partial charge on any atom is 0.163 e. The maximum absolute atomic E-state index is 8.69. The van der Waals surface area contributed by atoms with Crippen molar-refractivity contribution in [3.05, 3.63) is 11.9 Å². The highest BCUT2D eigenvalue weighted by Gasteiger charge is 2.01. The lowest BCUT2D eigenvalue weighted by molar-refractivity contribution is 0.147. The van der Waals surface area contributed by atoms with Crippen LogP contribution in [0.4, 0.5) is 0 Å². The second-order valence-electron chi connectivity index (χ2n) is 1.70. The molecule has 0 aliphatic rings. The lowest BCUT2D eigenvalue weighted by Crippen LogP contribution is -1.88. The van der Waals surface area contributed by atoms with E-state index in [-0.39, 0.29) is 0 Å². The fourth-order valence-corrected chi connectivity index (χ4v) is 0.631. The number of ether oxygens (including phenoxy) is 1. The van der Waals surface area contributed by atoms with Gasteiger partial charge in [-0.3, -0.25) is 0 Å². The molecule has 1 aromatic rings. The highest BCUT2D eigenvalue weighted by atomic mass is 16.5. The van der Waals surface area contributed by atoms with Gasteiger partial charge in [0.1, 0.15) is 11.9 Å². The number of aromatic nitrogens is 2.